The molecule has 17 heavy (non-hydrogen) atoms. The minimum Gasteiger partial charge on any atom is -0.377 e. The molecule has 0 fully saturated rings. The maximum absolute atomic E-state index is 11.9. The molecule has 6 nitrogen and oxygen atoms in total. The molecule has 1 amide bonds. The van der Waals surface area contributed by atoms with Crippen molar-refractivity contribution in [2.45, 2.75) is 26.0 Å². The van der Waals surface area contributed by atoms with Crippen LogP contribution in [0.1, 0.15) is 19.2 Å². The Labute approximate surface area is 101 Å². The Morgan fingerprint density at radius 3 is 3.00 bits per heavy atom. The van der Waals surface area contributed by atoms with E-state index in [-0.39, 0.29) is 12.0 Å². The van der Waals surface area contributed by atoms with Crippen LogP contribution in [0.5, 0.6) is 0 Å². The normalized spacial score (nSPS) is 12.4. The van der Waals surface area contributed by atoms with E-state index < -0.39 is 0 Å². The van der Waals surface area contributed by atoms with Gasteiger partial charge in [0.05, 0.1) is 19.1 Å². The predicted molar refractivity (Wildman–Crippen MR) is 64.1 cm³/mol. The summed E-state index contributed by atoms with van der Waals surface area (Å²) in [6.45, 7) is 3.28. The summed E-state index contributed by atoms with van der Waals surface area (Å²) in [5, 5.41) is 0. The van der Waals surface area contributed by atoms with E-state index in [1.165, 1.54) is 0 Å². The van der Waals surface area contributed by atoms with Crippen LogP contribution in [-0.4, -0.2) is 47.1 Å². The quantitative estimate of drug-likeness (QED) is 0.709. The number of nitrogens with zero attached hydrogens (tertiary/aromatic N) is 2. The van der Waals surface area contributed by atoms with E-state index in [9.17, 15) is 4.79 Å². The lowest BCUT2D eigenvalue weighted by Crippen LogP contribution is -2.34. The summed E-state index contributed by atoms with van der Waals surface area (Å²) in [5.41, 5.74) is 5.53. The van der Waals surface area contributed by atoms with E-state index in [2.05, 4.69) is 9.97 Å². The van der Waals surface area contributed by atoms with E-state index in [1.54, 1.807) is 24.3 Å². The highest BCUT2D eigenvalue weighted by Crippen LogP contribution is 2.03. The number of nitrogens with one attached hydrogen (secondary N) is 1. The lowest BCUT2D eigenvalue weighted by atomic mass is 10.2. The zero-order chi connectivity index (χ0) is 12.7. The Morgan fingerprint density at radius 2 is 2.47 bits per heavy atom. The number of H-pyrrole nitrogens is 1. The molecule has 6 heteroatoms. The van der Waals surface area contributed by atoms with Gasteiger partial charge in [0.25, 0.3) is 0 Å². The largest absolute Gasteiger partial charge is 0.377 e. The second-order valence-electron chi connectivity index (χ2n) is 3.80. The lowest BCUT2D eigenvalue weighted by molar-refractivity contribution is -0.133. The van der Waals surface area contributed by atoms with Gasteiger partial charge in [-0.05, 0) is 6.92 Å². The van der Waals surface area contributed by atoms with E-state index >= 15 is 0 Å². The predicted octanol–water partition coefficient (Wildman–Crippen LogP) is 0.122. The van der Waals surface area contributed by atoms with Crippen LogP contribution in [0.3, 0.4) is 0 Å². The third kappa shape index (κ3) is 4.54. The Kier molecular flexibility index (Phi) is 5.65. The van der Waals surface area contributed by atoms with Crippen LogP contribution in [0, 0.1) is 0 Å². The van der Waals surface area contributed by atoms with Crippen LogP contribution in [-0.2, 0) is 16.1 Å². The minimum absolute atomic E-state index is 0.00491. The topological polar surface area (TPSA) is 84.2 Å². The van der Waals surface area contributed by atoms with E-state index in [1.807, 2.05) is 6.92 Å². The molecule has 0 radical (unpaired) electrons. The van der Waals surface area contributed by atoms with Gasteiger partial charge in [0.1, 0.15) is 5.82 Å². The summed E-state index contributed by atoms with van der Waals surface area (Å²) < 4.78 is 5.35. The van der Waals surface area contributed by atoms with Crippen molar-refractivity contribution in [2.75, 3.05) is 20.2 Å². The first kappa shape index (κ1) is 13.7. The molecule has 0 saturated carbocycles. The fourth-order valence-corrected chi connectivity index (χ4v) is 1.49. The van der Waals surface area contributed by atoms with Crippen LogP contribution in [0.15, 0.2) is 12.4 Å². The van der Waals surface area contributed by atoms with Crippen molar-refractivity contribution in [1.29, 1.82) is 0 Å². The van der Waals surface area contributed by atoms with Crippen molar-refractivity contribution in [3.8, 4) is 0 Å². The Balaban J connectivity index is 2.40. The first-order chi connectivity index (χ1) is 8.17. The van der Waals surface area contributed by atoms with Gasteiger partial charge in [-0.2, -0.15) is 0 Å². The zero-order valence-electron chi connectivity index (χ0n) is 10.3. The summed E-state index contributed by atoms with van der Waals surface area (Å²) >= 11 is 0. The molecular weight excluding hydrogens is 220 g/mol. The Hall–Kier alpha value is -1.40. The van der Waals surface area contributed by atoms with E-state index in [0.717, 1.165) is 5.82 Å². The molecule has 0 aromatic carbocycles. The van der Waals surface area contributed by atoms with E-state index in [0.29, 0.717) is 26.1 Å². The molecule has 0 aliphatic carbocycles. The third-order valence-corrected chi connectivity index (χ3v) is 2.44. The average Bonchev–Trinajstić information content (AvgIpc) is 2.81. The molecule has 0 saturated heterocycles. The van der Waals surface area contributed by atoms with Crippen molar-refractivity contribution in [3.63, 3.8) is 0 Å². The minimum atomic E-state index is -0.202. The SMILES string of the molecule is CCOC(CN)CC(=O)N(C)Cc1ncc[nH]1. The second-order valence-corrected chi connectivity index (χ2v) is 3.80. The molecule has 96 valence electrons. The Morgan fingerprint density at radius 1 is 1.71 bits per heavy atom. The summed E-state index contributed by atoms with van der Waals surface area (Å²) in [4.78, 5) is 20.5. The highest BCUT2D eigenvalue weighted by atomic mass is 16.5. The molecule has 1 atom stereocenters. The molecule has 1 rings (SSSR count). The van der Waals surface area contributed by atoms with Gasteiger partial charge in [-0.25, -0.2) is 4.98 Å². The van der Waals surface area contributed by atoms with Gasteiger partial charge in [-0.1, -0.05) is 0 Å². The van der Waals surface area contributed by atoms with Gasteiger partial charge in [0.2, 0.25) is 5.91 Å². The molecule has 1 unspecified atom stereocenters. The van der Waals surface area contributed by atoms with E-state index in [4.69, 9.17) is 10.5 Å². The number of aromatic amines is 1. The fourth-order valence-electron chi connectivity index (χ4n) is 1.49. The lowest BCUT2D eigenvalue weighted by Gasteiger charge is -2.20. The van der Waals surface area contributed by atoms with Crippen molar-refractivity contribution in [1.82, 2.24) is 14.9 Å². The number of ether oxygens (including phenoxy) is 1. The molecular formula is C11H20N4O2. The van der Waals surface area contributed by atoms with Crippen LogP contribution in [0.25, 0.3) is 0 Å². The number of carbonyl (C=O) groups excluding carboxylic acids is 1. The van der Waals surface area contributed by atoms with Gasteiger partial charge >= 0.3 is 0 Å². The smallest absolute Gasteiger partial charge is 0.225 e. The van der Waals surface area contributed by atoms with Crippen LogP contribution >= 0.6 is 0 Å². The van der Waals surface area contributed by atoms with Crippen LogP contribution < -0.4 is 5.73 Å². The van der Waals surface area contributed by atoms with Crippen molar-refractivity contribution >= 4 is 5.91 Å². The van der Waals surface area contributed by atoms with Crippen molar-refractivity contribution < 1.29 is 9.53 Å². The number of amides is 1. The molecule has 0 bridgehead atoms. The summed E-state index contributed by atoms with van der Waals surface area (Å²) in [6.07, 6.45) is 3.50. The maximum Gasteiger partial charge on any atom is 0.225 e. The highest BCUT2D eigenvalue weighted by molar-refractivity contribution is 5.76. The molecule has 0 spiro atoms. The standard InChI is InChI=1S/C11H20N4O2/c1-3-17-9(7-12)6-11(16)15(2)8-10-13-4-5-14-10/h4-5,9H,3,6-8,12H2,1-2H3,(H,13,14). The molecule has 0 aliphatic rings. The Bertz CT molecular complexity index is 326. The van der Waals surface area contributed by atoms with Gasteiger partial charge in [-0.3, -0.25) is 4.79 Å². The number of hydrogen-bond acceptors (Lipinski definition) is 4. The number of hydrogen-bond donors (Lipinski definition) is 2. The van der Waals surface area contributed by atoms with Crippen molar-refractivity contribution in [2.24, 2.45) is 5.73 Å². The molecule has 1 aromatic heterocycles. The number of carbonyl (C=O) groups is 1. The van der Waals surface area contributed by atoms with Gasteiger partial charge < -0.3 is 20.4 Å². The van der Waals surface area contributed by atoms with Crippen molar-refractivity contribution in [3.05, 3.63) is 18.2 Å². The monoisotopic (exact) mass is 240 g/mol. The van der Waals surface area contributed by atoms with Gasteiger partial charge in [0, 0.05) is 32.6 Å². The number of rotatable bonds is 7. The van der Waals surface area contributed by atoms with Crippen LogP contribution in [0.4, 0.5) is 0 Å². The first-order valence-corrected chi connectivity index (χ1v) is 5.71. The summed E-state index contributed by atoms with van der Waals surface area (Å²) in [6, 6.07) is 0. The third-order valence-electron chi connectivity index (χ3n) is 2.44. The number of imidazole rings is 1. The molecule has 3 N–H and O–H groups in total. The number of aromatic nitrogens is 2. The molecule has 1 heterocycles. The second kappa shape index (κ2) is 7.03. The summed E-state index contributed by atoms with van der Waals surface area (Å²) in [7, 11) is 1.74. The fraction of sp³-hybridized carbons (Fsp3) is 0.636. The van der Waals surface area contributed by atoms with Gasteiger partial charge in [0.15, 0.2) is 0 Å². The van der Waals surface area contributed by atoms with Crippen LogP contribution in [0.2, 0.25) is 0 Å². The summed E-state index contributed by atoms with van der Waals surface area (Å²) in [5.74, 6) is 0.770. The first-order valence-electron chi connectivity index (χ1n) is 5.71. The average molecular weight is 240 g/mol. The molecule has 0 aliphatic heterocycles. The highest BCUT2D eigenvalue weighted by Gasteiger charge is 2.16. The van der Waals surface area contributed by atoms with Gasteiger partial charge in [-0.15, -0.1) is 0 Å². The number of nitrogens with two attached hydrogens (primary N) is 1. The maximum atomic E-state index is 11.9. The zero-order valence-corrected chi connectivity index (χ0v) is 10.3. The molecule has 1 aromatic rings.